The van der Waals surface area contributed by atoms with Crippen LogP contribution in [0.4, 0.5) is 0 Å². The predicted octanol–water partition coefficient (Wildman–Crippen LogP) is 1.55. The predicted molar refractivity (Wildman–Crippen MR) is 85.3 cm³/mol. The summed E-state index contributed by atoms with van der Waals surface area (Å²) in [4.78, 5) is 17.1. The van der Waals surface area contributed by atoms with E-state index in [0.717, 1.165) is 36.0 Å². The van der Waals surface area contributed by atoms with Gasteiger partial charge in [-0.05, 0) is 23.9 Å². The van der Waals surface area contributed by atoms with E-state index in [-0.39, 0.29) is 11.9 Å². The van der Waals surface area contributed by atoms with Crippen molar-refractivity contribution < 1.29 is 4.79 Å². The lowest BCUT2D eigenvalue weighted by Gasteiger charge is -2.39. The van der Waals surface area contributed by atoms with Gasteiger partial charge in [-0.25, -0.2) is 0 Å². The van der Waals surface area contributed by atoms with Crippen LogP contribution in [-0.2, 0) is 0 Å². The van der Waals surface area contributed by atoms with E-state index in [1.807, 2.05) is 47.4 Å². The first-order valence-corrected chi connectivity index (χ1v) is 7.38. The summed E-state index contributed by atoms with van der Waals surface area (Å²) in [6.07, 6.45) is 0. The minimum atomic E-state index is 0.0928. The molecule has 0 saturated carbocycles. The number of hydrogen-bond acceptors (Lipinski definition) is 3. The molecule has 1 saturated heterocycles. The lowest BCUT2D eigenvalue weighted by atomic mass is 10.0. The average Bonchev–Trinajstić information content (AvgIpc) is 2.53. The molecular weight excluding hydrogens is 262 g/mol. The number of amides is 1. The minimum absolute atomic E-state index is 0.0928. The summed E-state index contributed by atoms with van der Waals surface area (Å²) >= 11 is 0. The van der Waals surface area contributed by atoms with Gasteiger partial charge in [-0.15, -0.1) is 0 Å². The minimum Gasteiger partial charge on any atom is -0.332 e. The van der Waals surface area contributed by atoms with Gasteiger partial charge < -0.3 is 15.5 Å². The summed E-state index contributed by atoms with van der Waals surface area (Å²) < 4.78 is 0. The highest BCUT2D eigenvalue weighted by Gasteiger charge is 2.29. The van der Waals surface area contributed by atoms with Crippen molar-refractivity contribution in [2.75, 3.05) is 33.2 Å². The Morgan fingerprint density at radius 1 is 1.19 bits per heavy atom. The maximum absolute atomic E-state index is 12.9. The third kappa shape index (κ3) is 2.64. The van der Waals surface area contributed by atoms with Gasteiger partial charge in [-0.2, -0.15) is 0 Å². The topological polar surface area (TPSA) is 49.6 Å². The van der Waals surface area contributed by atoms with Gasteiger partial charge >= 0.3 is 0 Å². The normalized spacial score (nSPS) is 19.9. The standard InChI is InChI=1S/C17H21N3O/c1-19-9-10-20(14(11-18)12-19)17(21)16-8-4-6-13-5-2-3-7-15(13)16/h2-8,14H,9-12,18H2,1H3. The molecule has 2 aromatic carbocycles. The Balaban J connectivity index is 1.96. The van der Waals surface area contributed by atoms with Crippen LogP contribution < -0.4 is 5.73 Å². The fourth-order valence-electron chi connectivity index (χ4n) is 3.05. The number of rotatable bonds is 2. The summed E-state index contributed by atoms with van der Waals surface area (Å²) in [5.41, 5.74) is 6.64. The number of fused-ring (bicyclic) bond motifs is 1. The van der Waals surface area contributed by atoms with Gasteiger partial charge in [-0.1, -0.05) is 36.4 Å². The van der Waals surface area contributed by atoms with E-state index in [9.17, 15) is 4.79 Å². The Bertz CT molecular complexity index is 650. The molecule has 4 heteroatoms. The largest absolute Gasteiger partial charge is 0.332 e. The first kappa shape index (κ1) is 14.0. The van der Waals surface area contributed by atoms with Crippen LogP contribution in [0.1, 0.15) is 10.4 Å². The number of hydrogen-bond donors (Lipinski definition) is 1. The molecule has 0 bridgehead atoms. The van der Waals surface area contributed by atoms with Crippen LogP contribution in [-0.4, -0.2) is 55.0 Å². The summed E-state index contributed by atoms with van der Waals surface area (Å²) in [7, 11) is 2.07. The zero-order chi connectivity index (χ0) is 14.8. The zero-order valence-electron chi connectivity index (χ0n) is 12.3. The summed E-state index contributed by atoms with van der Waals surface area (Å²) in [6.45, 7) is 2.97. The Morgan fingerprint density at radius 3 is 2.76 bits per heavy atom. The van der Waals surface area contributed by atoms with Crippen molar-refractivity contribution in [3.63, 3.8) is 0 Å². The molecule has 2 aromatic rings. The van der Waals surface area contributed by atoms with Gasteiger partial charge in [-0.3, -0.25) is 4.79 Å². The zero-order valence-corrected chi connectivity index (χ0v) is 12.3. The molecule has 4 nitrogen and oxygen atoms in total. The first-order valence-electron chi connectivity index (χ1n) is 7.38. The van der Waals surface area contributed by atoms with E-state index in [4.69, 9.17) is 5.73 Å². The Kier molecular flexibility index (Phi) is 3.90. The molecule has 0 aromatic heterocycles. The van der Waals surface area contributed by atoms with Crippen molar-refractivity contribution in [1.29, 1.82) is 0 Å². The van der Waals surface area contributed by atoms with E-state index in [2.05, 4.69) is 11.9 Å². The smallest absolute Gasteiger partial charge is 0.254 e. The highest BCUT2D eigenvalue weighted by molar-refractivity contribution is 6.07. The molecule has 0 spiro atoms. The SMILES string of the molecule is CN1CCN(C(=O)c2cccc3ccccc23)C(CN)C1. The highest BCUT2D eigenvalue weighted by Crippen LogP contribution is 2.21. The molecular formula is C17H21N3O. The molecule has 0 aliphatic carbocycles. The molecule has 0 radical (unpaired) electrons. The van der Waals surface area contributed by atoms with E-state index in [1.54, 1.807) is 0 Å². The van der Waals surface area contributed by atoms with Gasteiger partial charge in [0, 0.05) is 31.7 Å². The van der Waals surface area contributed by atoms with Crippen LogP contribution in [0.3, 0.4) is 0 Å². The van der Waals surface area contributed by atoms with Gasteiger partial charge in [0.1, 0.15) is 0 Å². The third-order valence-electron chi connectivity index (χ3n) is 4.24. The molecule has 1 aliphatic heterocycles. The van der Waals surface area contributed by atoms with Crippen molar-refractivity contribution in [1.82, 2.24) is 9.80 Å². The molecule has 3 rings (SSSR count). The molecule has 1 unspecified atom stereocenters. The maximum atomic E-state index is 12.9. The second-order valence-electron chi connectivity index (χ2n) is 5.68. The summed E-state index contributed by atoms with van der Waals surface area (Å²) in [6, 6.07) is 14.0. The van der Waals surface area contributed by atoms with E-state index in [0.29, 0.717) is 6.54 Å². The Morgan fingerprint density at radius 2 is 1.95 bits per heavy atom. The number of carbonyl (C=O) groups excluding carboxylic acids is 1. The van der Waals surface area contributed by atoms with Gasteiger partial charge in [0.25, 0.3) is 5.91 Å². The number of nitrogens with two attached hydrogens (primary N) is 1. The van der Waals surface area contributed by atoms with E-state index < -0.39 is 0 Å². The van der Waals surface area contributed by atoms with Crippen molar-refractivity contribution in [3.8, 4) is 0 Å². The van der Waals surface area contributed by atoms with Crippen LogP contribution in [0.15, 0.2) is 42.5 Å². The quantitative estimate of drug-likeness (QED) is 0.910. The summed E-state index contributed by atoms with van der Waals surface area (Å²) in [5.74, 6) is 0.0929. The van der Waals surface area contributed by atoms with Crippen molar-refractivity contribution in [2.24, 2.45) is 5.73 Å². The first-order chi connectivity index (χ1) is 10.2. The molecule has 21 heavy (non-hydrogen) atoms. The second kappa shape index (κ2) is 5.84. The molecule has 1 heterocycles. The van der Waals surface area contributed by atoms with Crippen molar-refractivity contribution >= 4 is 16.7 Å². The average molecular weight is 283 g/mol. The second-order valence-corrected chi connectivity index (χ2v) is 5.68. The summed E-state index contributed by atoms with van der Waals surface area (Å²) in [5, 5.41) is 2.11. The lowest BCUT2D eigenvalue weighted by Crippen LogP contribution is -2.56. The highest BCUT2D eigenvalue weighted by atomic mass is 16.2. The van der Waals surface area contributed by atoms with Gasteiger partial charge in [0.2, 0.25) is 0 Å². The fraction of sp³-hybridized carbons (Fsp3) is 0.353. The third-order valence-corrected chi connectivity index (χ3v) is 4.24. The fourth-order valence-corrected chi connectivity index (χ4v) is 3.05. The monoisotopic (exact) mass is 283 g/mol. The van der Waals surface area contributed by atoms with Gasteiger partial charge in [0.05, 0.1) is 6.04 Å². The molecule has 1 amide bonds. The maximum Gasteiger partial charge on any atom is 0.254 e. The molecule has 1 fully saturated rings. The van der Waals surface area contributed by atoms with Crippen LogP contribution in [0, 0.1) is 0 Å². The van der Waals surface area contributed by atoms with E-state index >= 15 is 0 Å². The van der Waals surface area contributed by atoms with Crippen LogP contribution in [0.5, 0.6) is 0 Å². The van der Waals surface area contributed by atoms with Crippen LogP contribution in [0.25, 0.3) is 10.8 Å². The number of likely N-dealkylation sites (N-methyl/N-ethyl adjacent to an activating group) is 1. The Labute approximate surface area is 125 Å². The molecule has 110 valence electrons. The molecule has 1 atom stereocenters. The van der Waals surface area contributed by atoms with E-state index in [1.165, 1.54) is 0 Å². The lowest BCUT2D eigenvalue weighted by molar-refractivity contribution is 0.0518. The Hall–Kier alpha value is -1.91. The van der Waals surface area contributed by atoms with Gasteiger partial charge in [0.15, 0.2) is 0 Å². The van der Waals surface area contributed by atoms with Crippen molar-refractivity contribution in [2.45, 2.75) is 6.04 Å². The number of nitrogens with zero attached hydrogens (tertiary/aromatic N) is 2. The molecule has 1 aliphatic rings. The van der Waals surface area contributed by atoms with Crippen molar-refractivity contribution in [3.05, 3.63) is 48.0 Å². The number of benzene rings is 2. The molecule has 2 N–H and O–H groups in total. The number of piperazine rings is 1. The van der Waals surface area contributed by atoms with Crippen LogP contribution >= 0.6 is 0 Å². The van der Waals surface area contributed by atoms with Crippen LogP contribution in [0.2, 0.25) is 0 Å². The number of carbonyl (C=O) groups is 1.